The molecule has 10 heteroatoms. The number of phenols is 1. The molecular weight excluding hydrogens is 528 g/mol. The van der Waals surface area contributed by atoms with Crippen LogP contribution in [0.4, 0.5) is 0 Å². The number of rotatable bonds is 9. The number of carbonyl (C=O) groups excluding carboxylic acids is 3. The van der Waals surface area contributed by atoms with E-state index >= 15 is 0 Å². The summed E-state index contributed by atoms with van der Waals surface area (Å²) in [4.78, 5) is 45.7. The highest BCUT2D eigenvalue weighted by Crippen LogP contribution is 2.40. The Morgan fingerprint density at radius 2 is 1.75 bits per heavy atom. The van der Waals surface area contributed by atoms with Gasteiger partial charge in [-0.05, 0) is 62.6 Å². The van der Waals surface area contributed by atoms with Crippen LogP contribution in [0.25, 0.3) is 0 Å². The molecule has 3 atom stereocenters. The topological polar surface area (TPSA) is 132 Å². The lowest BCUT2D eigenvalue weighted by Gasteiger charge is -2.33. The zero-order chi connectivity index (χ0) is 28.9. The van der Waals surface area contributed by atoms with Crippen LogP contribution in [-0.2, 0) is 22.6 Å². The van der Waals surface area contributed by atoms with E-state index in [4.69, 9.17) is 0 Å². The molecule has 0 unspecified atom stereocenters. The summed E-state index contributed by atoms with van der Waals surface area (Å²) in [6, 6.07) is 15.6. The maximum Gasteiger partial charge on any atom is 0.254 e. The van der Waals surface area contributed by atoms with Crippen LogP contribution in [0.1, 0.15) is 40.9 Å². The van der Waals surface area contributed by atoms with Gasteiger partial charge in [0.1, 0.15) is 11.8 Å². The third-order valence-electron chi connectivity index (χ3n) is 7.09. The van der Waals surface area contributed by atoms with Crippen molar-refractivity contribution in [1.82, 2.24) is 20.5 Å². The number of aromatic nitrogens is 1. The fourth-order valence-corrected chi connectivity index (χ4v) is 5.91. The number of nitrogens with zero attached hydrogens (tertiary/aromatic N) is 2. The Morgan fingerprint density at radius 1 is 1.05 bits per heavy atom. The summed E-state index contributed by atoms with van der Waals surface area (Å²) < 4.78 is -0.603. The number of thioether (sulfide) groups is 1. The minimum absolute atomic E-state index is 0.0270. The van der Waals surface area contributed by atoms with Crippen LogP contribution < -0.4 is 10.6 Å². The van der Waals surface area contributed by atoms with E-state index in [0.29, 0.717) is 5.56 Å². The first kappa shape index (κ1) is 29.1. The third-order valence-corrected chi connectivity index (χ3v) is 8.47. The number of amides is 3. The summed E-state index contributed by atoms with van der Waals surface area (Å²) in [6.07, 6.45) is 1.85. The van der Waals surface area contributed by atoms with Gasteiger partial charge in [-0.1, -0.05) is 36.4 Å². The van der Waals surface area contributed by atoms with Crippen molar-refractivity contribution < 1.29 is 24.6 Å². The van der Waals surface area contributed by atoms with Gasteiger partial charge in [0.15, 0.2) is 6.10 Å². The molecule has 210 valence electrons. The lowest BCUT2D eigenvalue weighted by atomic mass is 9.96. The summed E-state index contributed by atoms with van der Waals surface area (Å²) in [7, 11) is 0. The van der Waals surface area contributed by atoms with Gasteiger partial charge in [0, 0.05) is 34.8 Å². The lowest BCUT2D eigenvalue weighted by molar-refractivity contribution is -0.147. The van der Waals surface area contributed by atoms with Gasteiger partial charge < -0.3 is 25.7 Å². The van der Waals surface area contributed by atoms with Gasteiger partial charge in [-0.2, -0.15) is 0 Å². The smallest absolute Gasteiger partial charge is 0.254 e. The molecule has 1 fully saturated rings. The Hall–Kier alpha value is -3.89. The molecule has 2 heterocycles. The van der Waals surface area contributed by atoms with Crippen molar-refractivity contribution in [1.29, 1.82) is 0 Å². The Bertz CT molecular complexity index is 1350. The molecule has 9 nitrogen and oxygen atoms in total. The maximum absolute atomic E-state index is 13.8. The summed E-state index contributed by atoms with van der Waals surface area (Å²) >= 11 is 1.45. The number of pyridine rings is 1. The molecule has 1 aliphatic rings. The van der Waals surface area contributed by atoms with E-state index in [1.165, 1.54) is 22.7 Å². The monoisotopic (exact) mass is 562 g/mol. The predicted octanol–water partition coefficient (Wildman–Crippen LogP) is 2.79. The molecule has 4 rings (SSSR count). The third kappa shape index (κ3) is 6.63. The van der Waals surface area contributed by atoms with Gasteiger partial charge in [-0.25, -0.2) is 0 Å². The van der Waals surface area contributed by atoms with Crippen LogP contribution in [0.2, 0.25) is 0 Å². The van der Waals surface area contributed by atoms with E-state index < -0.39 is 34.7 Å². The van der Waals surface area contributed by atoms with Crippen molar-refractivity contribution in [2.24, 2.45) is 0 Å². The number of phenolic OH excluding ortho intramolecular Hbond substituents is 1. The first-order chi connectivity index (χ1) is 19.1. The van der Waals surface area contributed by atoms with E-state index in [1.54, 1.807) is 43.6 Å². The Labute approximate surface area is 238 Å². The number of benzene rings is 2. The second kappa shape index (κ2) is 12.5. The molecule has 3 aromatic rings. The SMILES string of the molecule is Cc1c(O)cccc1C(=O)N[C@@H](Cc1ccccc1)[C@H](O)C(=O)N1CSC(C)(C)[C@H]1C(=O)NCc1ccncc1. The number of carbonyl (C=O) groups is 3. The first-order valence-electron chi connectivity index (χ1n) is 13.0. The quantitative estimate of drug-likeness (QED) is 0.315. The second-order valence-corrected chi connectivity index (χ2v) is 11.9. The van der Waals surface area contributed by atoms with Crippen molar-refractivity contribution in [3.05, 3.63) is 95.3 Å². The van der Waals surface area contributed by atoms with Gasteiger partial charge in [0.2, 0.25) is 5.91 Å². The molecule has 1 aromatic heterocycles. The van der Waals surface area contributed by atoms with Gasteiger partial charge in [0.05, 0.1) is 11.9 Å². The Morgan fingerprint density at radius 3 is 2.45 bits per heavy atom. The number of hydrogen-bond donors (Lipinski definition) is 4. The normalized spacial score (nSPS) is 17.6. The van der Waals surface area contributed by atoms with Crippen molar-refractivity contribution >= 4 is 29.5 Å². The highest BCUT2D eigenvalue weighted by Gasteiger charge is 2.49. The molecular formula is C30H34N4O5S. The highest BCUT2D eigenvalue weighted by molar-refractivity contribution is 8.00. The van der Waals surface area contributed by atoms with Crippen molar-refractivity contribution in [2.75, 3.05) is 5.88 Å². The lowest BCUT2D eigenvalue weighted by Crippen LogP contribution is -2.58. The standard InChI is InChI=1S/C30H34N4O5S/c1-19-22(10-7-11-24(19)35)27(37)33-23(16-20-8-5-4-6-9-20)25(36)29(39)34-18-40-30(2,3)26(34)28(38)32-17-21-12-14-31-15-13-21/h4-15,23,25-26,35-36H,16-18H2,1-3H3,(H,32,38)(H,33,37)/t23-,25-,26+/m0/s1. The molecule has 0 spiro atoms. The summed E-state index contributed by atoms with van der Waals surface area (Å²) in [5.41, 5.74) is 2.32. The largest absolute Gasteiger partial charge is 0.508 e. The number of aliphatic hydroxyl groups excluding tert-OH is 1. The summed E-state index contributed by atoms with van der Waals surface area (Å²) in [5.74, 6) is -1.30. The maximum atomic E-state index is 13.8. The molecule has 0 radical (unpaired) electrons. The minimum atomic E-state index is -1.62. The fraction of sp³-hybridized carbons (Fsp3) is 0.333. The van der Waals surface area contributed by atoms with Crippen molar-refractivity contribution in [2.45, 2.75) is 56.7 Å². The Kier molecular flexibility index (Phi) is 9.11. The number of hydrogen-bond acceptors (Lipinski definition) is 7. The predicted molar refractivity (Wildman–Crippen MR) is 154 cm³/mol. The molecule has 40 heavy (non-hydrogen) atoms. The van der Waals surface area contributed by atoms with Crippen LogP contribution in [0.15, 0.2) is 73.1 Å². The van der Waals surface area contributed by atoms with Crippen LogP contribution in [0, 0.1) is 6.92 Å². The van der Waals surface area contributed by atoms with Crippen molar-refractivity contribution in [3.63, 3.8) is 0 Å². The molecule has 3 amide bonds. The molecule has 4 N–H and O–H groups in total. The van der Waals surface area contributed by atoms with Crippen molar-refractivity contribution in [3.8, 4) is 5.75 Å². The first-order valence-corrected chi connectivity index (χ1v) is 14.0. The number of nitrogens with one attached hydrogen (secondary N) is 2. The van der Waals surface area contributed by atoms with E-state index in [0.717, 1.165) is 11.1 Å². The van der Waals surface area contributed by atoms with Gasteiger partial charge >= 0.3 is 0 Å². The molecule has 0 saturated carbocycles. The molecule has 1 aliphatic heterocycles. The van der Waals surface area contributed by atoms with E-state index in [1.807, 2.05) is 44.2 Å². The van der Waals surface area contributed by atoms with Crippen LogP contribution >= 0.6 is 11.8 Å². The molecule has 2 aromatic carbocycles. The van der Waals surface area contributed by atoms with E-state index in [-0.39, 0.29) is 36.1 Å². The minimum Gasteiger partial charge on any atom is -0.508 e. The molecule has 0 aliphatic carbocycles. The number of aromatic hydroxyl groups is 1. The fourth-order valence-electron chi connectivity index (χ4n) is 4.77. The van der Waals surface area contributed by atoms with Crippen LogP contribution in [-0.4, -0.2) is 66.6 Å². The molecule has 1 saturated heterocycles. The van der Waals surface area contributed by atoms with Gasteiger partial charge in [-0.3, -0.25) is 19.4 Å². The zero-order valence-corrected chi connectivity index (χ0v) is 23.5. The average Bonchev–Trinajstić information content (AvgIpc) is 3.27. The van der Waals surface area contributed by atoms with E-state index in [2.05, 4.69) is 15.6 Å². The van der Waals surface area contributed by atoms with Gasteiger partial charge in [-0.15, -0.1) is 11.8 Å². The van der Waals surface area contributed by atoms with E-state index in [9.17, 15) is 24.6 Å². The number of aliphatic hydroxyl groups is 1. The van der Waals surface area contributed by atoms with Crippen LogP contribution in [0.5, 0.6) is 5.75 Å². The highest BCUT2D eigenvalue weighted by atomic mass is 32.2. The average molecular weight is 563 g/mol. The van der Waals surface area contributed by atoms with Crippen LogP contribution in [0.3, 0.4) is 0 Å². The summed E-state index contributed by atoms with van der Waals surface area (Å²) in [5, 5.41) is 27.2. The summed E-state index contributed by atoms with van der Waals surface area (Å²) in [6.45, 7) is 5.68. The second-order valence-electron chi connectivity index (χ2n) is 10.3. The molecule has 0 bridgehead atoms. The van der Waals surface area contributed by atoms with Gasteiger partial charge in [0.25, 0.3) is 11.8 Å². The zero-order valence-electron chi connectivity index (χ0n) is 22.7. The Balaban J connectivity index is 1.56.